The van der Waals surface area contributed by atoms with E-state index >= 15 is 0 Å². The smallest absolute Gasteiger partial charge is 0.353 e. The van der Waals surface area contributed by atoms with Crippen LogP contribution in [0.3, 0.4) is 0 Å². The first-order chi connectivity index (χ1) is 13.0. The molecule has 0 unspecified atom stereocenters. The molecule has 0 fully saturated rings. The third-order valence-corrected chi connectivity index (χ3v) is 4.09. The molecule has 0 atom stereocenters. The van der Waals surface area contributed by atoms with Crippen molar-refractivity contribution in [3.8, 4) is 0 Å². The number of benzene rings is 1. The van der Waals surface area contributed by atoms with E-state index < -0.39 is 10.7 Å². The summed E-state index contributed by atoms with van der Waals surface area (Å²) < 4.78 is 24.8. The molecule has 9 nitrogen and oxygen atoms in total. The molecule has 1 aromatic carbocycles. The van der Waals surface area contributed by atoms with Gasteiger partial charge in [0.15, 0.2) is 0 Å². The summed E-state index contributed by atoms with van der Waals surface area (Å²) >= 11 is 3.17. The molecule has 27 heavy (non-hydrogen) atoms. The molecular weight excluding hydrogens is 425 g/mol. The second-order valence-electron chi connectivity index (χ2n) is 5.37. The first-order valence-electron chi connectivity index (χ1n) is 7.92. The number of anilines is 3. The van der Waals surface area contributed by atoms with Crippen molar-refractivity contribution in [2.24, 2.45) is 0 Å². The average molecular weight is 444 g/mol. The SMILES string of the molecule is COCCN(CCOC)c1ncnc(Nc2ccc(Br)cc2F)c1[N+](=O)[O-]. The Morgan fingerprint density at radius 3 is 2.48 bits per heavy atom. The zero-order valence-corrected chi connectivity index (χ0v) is 16.4. The number of hydrogen-bond donors (Lipinski definition) is 1. The number of rotatable bonds is 10. The van der Waals surface area contributed by atoms with Gasteiger partial charge >= 0.3 is 5.69 Å². The molecule has 2 aromatic rings. The van der Waals surface area contributed by atoms with Crippen molar-refractivity contribution in [3.05, 3.63) is 44.9 Å². The summed E-state index contributed by atoms with van der Waals surface area (Å²) in [7, 11) is 3.07. The summed E-state index contributed by atoms with van der Waals surface area (Å²) in [6, 6.07) is 4.32. The number of methoxy groups -OCH3 is 2. The van der Waals surface area contributed by atoms with Crippen LogP contribution in [0.4, 0.5) is 27.4 Å². The van der Waals surface area contributed by atoms with Crippen molar-refractivity contribution in [2.45, 2.75) is 0 Å². The molecule has 11 heteroatoms. The van der Waals surface area contributed by atoms with Crippen LogP contribution in [0.5, 0.6) is 0 Å². The van der Waals surface area contributed by atoms with Crippen LogP contribution in [-0.4, -0.2) is 55.4 Å². The van der Waals surface area contributed by atoms with Gasteiger partial charge in [-0.25, -0.2) is 14.4 Å². The molecule has 0 saturated heterocycles. The van der Waals surface area contributed by atoms with Crippen molar-refractivity contribution in [1.29, 1.82) is 0 Å². The van der Waals surface area contributed by atoms with Crippen molar-refractivity contribution in [2.75, 3.05) is 50.7 Å². The Balaban J connectivity index is 2.43. The van der Waals surface area contributed by atoms with E-state index in [9.17, 15) is 14.5 Å². The maximum absolute atomic E-state index is 14.1. The molecular formula is C16H19BrFN5O4. The first-order valence-corrected chi connectivity index (χ1v) is 8.71. The van der Waals surface area contributed by atoms with Crippen LogP contribution in [-0.2, 0) is 9.47 Å². The molecule has 0 amide bonds. The van der Waals surface area contributed by atoms with Gasteiger partial charge in [0.05, 0.1) is 23.8 Å². The van der Waals surface area contributed by atoms with Gasteiger partial charge in [0.25, 0.3) is 0 Å². The van der Waals surface area contributed by atoms with Gasteiger partial charge in [0.1, 0.15) is 12.1 Å². The van der Waals surface area contributed by atoms with Crippen LogP contribution in [0.1, 0.15) is 0 Å². The summed E-state index contributed by atoms with van der Waals surface area (Å²) in [5.74, 6) is -0.579. The second kappa shape index (κ2) is 10.1. The lowest BCUT2D eigenvalue weighted by molar-refractivity contribution is -0.383. The number of halogens is 2. The molecule has 0 spiro atoms. The Bertz CT molecular complexity index is 787. The van der Waals surface area contributed by atoms with E-state index in [4.69, 9.17) is 9.47 Å². The summed E-state index contributed by atoms with van der Waals surface area (Å²) in [4.78, 5) is 20.8. The third-order valence-electron chi connectivity index (χ3n) is 3.60. The van der Waals surface area contributed by atoms with Gasteiger partial charge in [-0.1, -0.05) is 15.9 Å². The van der Waals surface area contributed by atoms with E-state index in [0.717, 1.165) is 0 Å². The zero-order valence-electron chi connectivity index (χ0n) is 14.8. The maximum Gasteiger partial charge on any atom is 0.353 e. The van der Waals surface area contributed by atoms with Gasteiger partial charge < -0.3 is 19.7 Å². The van der Waals surface area contributed by atoms with Crippen LogP contribution in [0.2, 0.25) is 0 Å². The Labute approximate surface area is 163 Å². The fourth-order valence-corrected chi connectivity index (χ4v) is 2.64. The van der Waals surface area contributed by atoms with E-state index in [1.807, 2.05) is 0 Å². The van der Waals surface area contributed by atoms with Gasteiger partial charge in [0, 0.05) is 31.8 Å². The van der Waals surface area contributed by atoms with Gasteiger partial charge in [-0.05, 0) is 18.2 Å². The van der Waals surface area contributed by atoms with Crippen LogP contribution in [0.15, 0.2) is 29.0 Å². The van der Waals surface area contributed by atoms with E-state index in [1.54, 1.807) is 11.0 Å². The highest BCUT2D eigenvalue weighted by atomic mass is 79.9. The molecule has 1 heterocycles. The molecule has 0 bridgehead atoms. The molecule has 1 aromatic heterocycles. The molecule has 1 N–H and O–H groups in total. The minimum atomic E-state index is -0.596. The minimum absolute atomic E-state index is 0.0614. The monoisotopic (exact) mass is 443 g/mol. The predicted octanol–water partition coefficient (Wildman–Crippen LogP) is 3.13. The van der Waals surface area contributed by atoms with Crippen molar-refractivity contribution in [3.63, 3.8) is 0 Å². The largest absolute Gasteiger partial charge is 0.383 e. The Kier molecular flexibility index (Phi) is 7.82. The predicted molar refractivity (Wildman–Crippen MR) is 102 cm³/mol. The highest BCUT2D eigenvalue weighted by Crippen LogP contribution is 2.34. The van der Waals surface area contributed by atoms with Crippen molar-refractivity contribution < 1.29 is 18.8 Å². The standard InChI is InChI=1S/C16H19BrFN5O4/c1-26-7-5-22(6-8-27-2)16-14(23(24)25)15(19-10-20-16)21-13-4-3-11(17)9-12(13)18/h3-4,9-10H,5-8H2,1-2H3,(H,19,20,21). The summed E-state index contributed by atoms with van der Waals surface area (Å²) in [5, 5.41) is 14.4. The molecule has 0 radical (unpaired) electrons. The first kappa shape index (κ1) is 20.9. The molecule has 0 aliphatic heterocycles. The third kappa shape index (κ3) is 5.55. The Morgan fingerprint density at radius 2 is 1.93 bits per heavy atom. The molecule has 0 aliphatic carbocycles. The molecule has 0 saturated carbocycles. The highest BCUT2D eigenvalue weighted by Gasteiger charge is 2.27. The van der Waals surface area contributed by atoms with Gasteiger partial charge in [-0.3, -0.25) is 10.1 Å². The number of nitro groups is 1. The number of nitrogens with one attached hydrogen (secondary N) is 1. The Hall–Kier alpha value is -2.37. The van der Waals surface area contributed by atoms with Gasteiger partial charge in [0.2, 0.25) is 11.6 Å². The summed E-state index contributed by atoms with van der Waals surface area (Å²) in [6.07, 6.45) is 1.19. The lowest BCUT2D eigenvalue weighted by Crippen LogP contribution is -2.32. The quantitative estimate of drug-likeness (QED) is 0.441. The average Bonchev–Trinajstić information content (AvgIpc) is 2.64. The fourth-order valence-electron chi connectivity index (χ4n) is 2.31. The van der Waals surface area contributed by atoms with Crippen molar-refractivity contribution in [1.82, 2.24) is 9.97 Å². The topological polar surface area (TPSA) is 103 Å². The highest BCUT2D eigenvalue weighted by molar-refractivity contribution is 9.10. The second-order valence-corrected chi connectivity index (χ2v) is 6.29. The van der Waals surface area contributed by atoms with Crippen molar-refractivity contribution >= 4 is 38.9 Å². The number of nitrogens with zero attached hydrogens (tertiary/aromatic N) is 4. The van der Waals surface area contributed by atoms with E-state index in [1.165, 1.54) is 32.7 Å². The van der Waals surface area contributed by atoms with E-state index in [0.29, 0.717) is 30.8 Å². The molecule has 0 aliphatic rings. The minimum Gasteiger partial charge on any atom is -0.383 e. The zero-order chi connectivity index (χ0) is 19.8. The van der Waals surface area contributed by atoms with Crippen LogP contribution >= 0.6 is 15.9 Å². The van der Waals surface area contributed by atoms with Crippen LogP contribution in [0.25, 0.3) is 0 Å². The number of aromatic nitrogens is 2. The number of hydrogen-bond acceptors (Lipinski definition) is 8. The van der Waals surface area contributed by atoms with Crippen LogP contribution in [0, 0.1) is 15.9 Å². The Morgan fingerprint density at radius 1 is 1.26 bits per heavy atom. The normalized spacial score (nSPS) is 10.7. The lowest BCUT2D eigenvalue weighted by atomic mass is 10.3. The maximum atomic E-state index is 14.1. The lowest BCUT2D eigenvalue weighted by Gasteiger charge is -2.23. The summed E-state index contributed by atoms with van der Waals surface area (Å²) in [5.41, 5.74) is -0.293. The fraction of sp³-hybridized carbons (Fsp3) is 0.375. The van der Waals surface area contributed by atoms with Gasteiger partial charge in [-0.2, -0.15) is 0 Å². The van der Waals surface area contributed by atoms with E-state index in [-0.39, 0.29) is 23.0 Å². The number of ether oxygens (including phenoxy) is 2. The van der Waals surface area contributed by atoms with E-state index in [2.05, 4.69) is 31.2 Å². The molecule has 146 valence electrons. The summed E-state index contributed by atoms with van der Waals surface area (Å²) in [6.45, 7) is 1.41. The van der Waals surface area contributed by atoms with Crippen LogP contribution < -0.4 is 10.2 Å². The van der Waals surface area contributed by atoms with Gasteiger partial charge in [-0.15, -0.1) is 0 Å². The molecule has 2 rings (SSSR count).